The minimum absolute atomic E-state index is 0.161. The zero-order valence-corrected chi connectivity index (χ0v) is 21.8. The number of hydrogen-bond acceptors (Lipinski definition) is 4. The number of H-pyrrole nitrogens is 1. The van der Waals surface area contributed by atoms with Crippen LogP contribution < -0.4 is 5.32 Å². The van der Waals surface area contributed by atoms with Gasteiger partial charge in [0.2, 0.25) is 5.91 Å². The molecule has 1 fully saturated rings. The van der Waals surface area contributed by atoms with E-state index in [0.717, 1.165) is 23.3 Å². The summed E-state index contributed by atoms with van der Waals surface area (Å²) >= 11 is 6.02. The number of amides is 1. The summed E-state index contributed by atoms with van der Waals surface area (Å²) in [4.78, 5) is 15.2. The number of benzene rings is 3. The van der Waals surface area contributed by atoms with Crippen molar-refractivity contribution < 1.29 is 27.5 Å². The second-order valence-electron chi connectivity index (χ2n) is 9.72. The van der Waals surface area contributed by atoms with Gasteiger partial charge in [0.05, 0.1) is 23.6 Å². The van der Waals surface area contributed by atoms with E-state index in [4.69, 9.17) is 11.6 Å². The van der Waals surface area contributed by atoms with Gasteiger partial charge in [-0.15, -0.1) is 0 Å². The Kier molecular flexibility index (Phi) is 7.93. The van der Waals surface area contributed by atoms with E-state index in [1.165, 1.54) is 30.3 Å². The number of alkyl halides is 3. The highest BCUT2D eigenvalue weighted by atomic mass is 35.5. The zero-order chi connectivity index (χ0) is 28.4. The van der Waals surface area contributed by atoms with Crippen LogP contribution in [0.15, 0.2) is 79.0 Å². The van der Waals surface area contributed by atoms with Gasteiger partial charge in [-0.3, -0.25) is 14.8 Å². The minimum Gasteiger partial charge on any atom is -0.390 e. The molecule has 6 nitrogen and oxygen atoms in total. The van der Waals surface area contributed by atoms with Crippen molar-refractivity contribution in [3.05, 3.63) is 112 Å². The Morgan fingerprint density at radius 1 is 1.10 bits per heavy atom. The van der Waals surface area contributed by atoms with Gasteiger partial charge in [0.15, 0.2) is 0 Å². The van der Waals surface area contributed by atoms with Gasteiger partial charge in [0.25, 0.3) is 0 Å². The van der Waals surface area contributed by atoms with Crippen molar-refractivity contribution in [1.82, 2.24) is 20.4 Å². The molecule has 0 saturated carbocycles. The Bertz CT molecular complexity index is 1490. The van der Waals surface area contributed by atoms with E-state index in [1.54, 1.807) is 29.3 Å². The Hall–Kier alpha value is -3.73. The zero-order valence-electron chi connectivity index (χ0n) is 21.0. The van der Waals surface area contributed by atoms with Gasteiger partial charge < -0.3 is 10.4 Å². The number of nitrogens with one attached hydrogen (secondary N) is 2. The van der Waals surface area contributed by atoms with Crippen LogP contribution in [-0.2, 0) is 24.1 Å². The predicted octanol–water partition coefficient (Wildman–Crippen LogP) is 5.53. The number of aliphatic hydroxyl groups is 1. The van der Waals surface area contributed by atoms with Crippen molar-refractivity contribution >= 4 is 17.5 Å². The molecule has 0 unspecified atom stereocenters. The normalized spacial score (nSPS) is 19.6. The highest BCUT2D eigenvalue weighted by Gasteiger charge is 2.45. The Labute approximate surface area is 232 Å². The minimum atomic E-state index is -4.51. The van der Waals surface area contributed by atoms with Gasteiger partial charge in [0.1, 0.15) is 11.9 Å². The molecule has 40 heavy (non-hydrogen) atoms. The molecule has 1 aromatic heterocycles. The average Bonchev–Trinajstić information content (AvgIpc) is 3.51. The van der Waals surface area contributed by atoms with Crippen LogP contribution in [-0.4, -0.2) is 44.8 Å². The van der Waals surface area contributed by atoms with Crippen LogP contribution in [0, 0.1) is 5.82 Å². The molecule has 4 aromatic rings. The highest BCUT2D eigenvalue weighted by molar-refractivity contribution is 6.30. The van der Waals surface area contributed by atoms with E-state index in [1.807, 2.05) is 12.1 Å². The third-order valence-electron chi connectivity index (χ3n) is 7.05. The first-order chi connectivity index (χ1) is 19.1. The Morgan fingerprint density at radius 3 is 2.58 bits per heavy atom. The van der Waals surface area contributed by atoms with Gasteiger partial charge >= 0.3 is 6.18 Å². The monoisotopic (exact) mass is 572 g/mol. The maximum Gasteiger partial charge on any atom is 0.416 e. The van der Waals surface area contributed by atoms with E-state index in [-0.39, 0.29) is 25.2 Å². The number of aromatic nitrogens is 2. The largest absolute Gasteiger partial charge is 0.416 e. The van der Waals surface area contributed by atoms with E-state index < -0.39 is 41.5 Å². The SMILES string of the molecule is O=C(NCc1cccc(C(F)(F)F)c1)[C@@H]1[C@H](O)[C@@H](c2cccc(F)c2)CN1Cc1cn[nH]c1-c1ccc(Cl)cc1. The lowest BCUT2D eigenvalue weighted by Gasteiger charge is -2.25. The van der Waals surface area contributed by atoms with Crippen molar-refractivity contribution in [3.8, 4) is 11.3 Å². The number of aromatic amines is 1. The second kappa shape index (κ2) is 11.4. The first-order valence-electron chi connectivity index (χ1n) is 12.5. The fraction of sp³-hybridized carbons (Fsp3) is 0.241. The summed E-state index contributed by atoms with van der Waals surface area (Å²) in [5.74, 6) is -1.60. The summed E-state index contributed by atoms with van der Waals surface area (Å²) < 4.78 is 53.4. The molecule has 0 bridgehead atoms. The summed E-state index contributed by atoms with van der Waals surface area (Å²) in [6.07, 6.45) is -4.08. The van der Waals surface area contributed by atoms with E-state index in [2.05, 4.69) is 15.5 Å². The first kappa shape index (κ1) is 27.8. The van der Waals surface area contributed by atoms with Gasteiger partial charge in [-0.1, -0.05) is 48.0 Å². The fourth-order valence-corrected chi connectivity index (χ4v) is 5.23. The quantitative estimate of drug-likeness (QED) is 0.254. The number of carbonyl (C=O) groups is 1. The molecule has 3 N–H and O–H groups in total. The van der Waals surface area contributed by atoms with Crippen LogP contribution in [0.25, 0.3) is 11.3 Å². The lowest BCUT2D eigenvalue weighted by Crippen LogP contribution is -2.47. The molecule has 208 valence electrons. The molecule has 11 heteroatoms. The Balaban J connectivity index is 1.40. The smallest absolute Gasteiger partial charge is 0.390 e. The molecule has 2 heterocycles. The van der Waals surface area contributed by atoms with Gasteiger partial charge in [-0.2, -0.15) is 18.3 Å². The topological polar surface area (TPSA) is 81.2 Å². The van der Waals surface area contributed by atoms with Crippen molar-refractivity contribution in [1.29, 1.82) is 0 Å². The maximum atomic E-state index is 14.0. The van der Waals surface area contributed by atoms with E-state index >= 15 is 0 Å². The number of nitrogens with zero attached hydrogens (tertiary/aromatic N) is 2. The lowest BCUT2D eigenvalue weighted by molar-refractivity contribution is -0.137. The van der Waals surface area contributed by atoms with Crippen LogP contribution in [0.4, 0.5) is 17.6 Å². The molecule has 3 atom stereocenters. The third-order valence-corrected chi connectivity index (χ3v) is 7.30. The van der Waals surface area contributed by atoms with Crippen LogP contribution in [0.1, 0.15) is 28.2 Å². The van der Waals surface area contributed by atoms with Crippen molar-refractivity contribution in [2.75, 3.05) is 6.54 Å². The van der Waals surface area contributed by atoms with Gasteiger partial charge in [-0.05, 0) is 53.1 Å². The summed E-state index contributed by atoms with van der Waals surface area (Å²) in [5.41, 5.74) is 2.28. The summed E-state index contributed by atoms with van der Waals surface area (Å²) in [5, 5.41) is 21.7. The van der Waals surface area contributed by atoms with Crippen molar-refractivity contribution in [2.45, 2.75) is 37.3 Å². The number of hydrogen-bond donors (Lipinski definition) is 3. The molecule has 3 aromatic carbocycles. The average molecular weight is 573 g/mol. The van der Waals surface area contributed by atoms with Crippen LogP contribution in [0.5, 0.6) is 0 Å². The van der Waals surface area contributed by atoms with Crippen LogP contribution in [0.3, 0.4) is 0 Å². The number of rotatable bonds is 7. The summed E-state index contributed by atoms with van der Waals surface area (Å²) in [7, 11) is 0. The summed E-state index contributed by atoms with van der Waals surface area (Å²) in [6, 6.07) is 16.6. The van der Waals surface area contributed by atoms with E-state index in [9.17, 15) is 27.5 Å². The van der Waals surface area contributed by atoms with E-state index in [0.29, 0.717) is 16.3 Å². The second-order valence-corrected chi connectivity index (χ2v) is 10.2. The molecule has 1 amide bonds. The number of halogens is 5. The van der Waals surface area contributed by atoms with Crippen LogP contribution >= 0.6 is 11.6 Å². The van der Waals surface area contributed by atoms with Crippen molar-refractivity contribution in [3.63, 3.8) is 0 Å². The summed E-state index contributed by atoms with van der Waals surface area (Å²) in [6.45, 7) is 0.294. The number of carbonyl (C=O) groups excluding carboxylic acids is 1. The number of aliphatic hydroxyl groups excluding tert-OH is 1. The maximum absolute atomic E-state index is 14.0. The Morgan fingerprint density at radius 2 is 1.85 bits per heavy atom. The molecular formula is C29H25ClF4N4O2. The lowest BCUT2D eigenvalue weighted by atomic mass is 9.93. The molecule has 0 radical (unpaired) electrons. The molecule has 1 aliphatic rings. The molecule has 0 aliphatic carbocycles. The molecule has 0 spiro atoms. The van der Waals surface area contributed by atoms with Crippen LogP contribution in [0.2, 0.25) is 5.02 Å². The third kappa shape index (κ3) is 6.04. The van der Waals surface area contributed by atoms with Gasteiger partial charge in [0, 0.05) is 36.1 Å². The highest BCUT2D eigenvalue weighted by Crippen LogP contribution is 2.35. The molecule has 1 aliphatic heterocycles. The first-order valence-corrected chi connectivity index (χ1v) is 12.9. The predicted molar refractivity (Wildman–Crippen MR) is 142 cm³/mol. The fourth-order valence-electron chi connectivity index (χ4n) is 5.10. The van der Waals surface area contributed by atoms with Crippen molar-refractivity contribution in [2.24, 2.45) is 0 Å². The van der Waals surface area contributed by atoms with Gasteiger partial charge in [-0.25, -0.2) is 4.39 Å². The molecule has 1 saturated heterocycles. The number of likely N-dealkylation sites (tertiary alicyclic amines) is 1. The standard InChI is InChI=1S/C29H25ClF4N4O2/c30-22-9-7-18(8-10-22)25-20(14-36-37-25)15-38-16-24(19-4-2-6-23(31)12-19)27(39)26(38)28(40)35-13-17-3-1-5-21(11-17)29(32,33)34/h1-12,14,24,26-27,39H,13,15-16H2,(H,35,40)(H,36,37)/t24-,26+,27-/m1/s1. The molecular weight excluding hydrogens is 548 g/mol. The molecule has 5 rings (SSSR count).